The van der Waals surface area contributed by atoms with Crippen molar-refractivity contribution >= 4 is 16.6 Å². The van der Waals surface area contributed by atoms with Gasteiger partial charge in [0.2, 0.25) is 0 Å². The molecule has 0 radical (unpaired) electrons. The zero-order chi connectivity index (χ0) is 23.6. The maximum atomic E-state index is 15.1. The predicted molar refractivity (Wildman–Crippen MR) is 103 cm³/mol. The number of H-pyrrole nitrogens is 1. The van der Waals surface area contributed by atoms with E-state index in [1.165, 1.54) is 16.6 Å². The number of halogens is 6. The Morgan fingerprint density at radius 3 is 2.41 bits per heavy atom. The summed E-state index contributed by atoms with van der Waals surface area (Å²) in [7, 11) is 1.19. The van der Waals surface area contributed by atoms with E-state index in [0.29, 0.717) is 12.8 Å². The average Bonchev–Trinajstić information content (AvgIpc) is 3.42. The molecule has 7 nitrogen and oxygen atoms in total. The van der Waals surface area contributed by atoms with Crippen molar-refractivity contribution < 1.29 is 31.1 Å². The number of benzene rings is 1. The number of hydrogen-bond acceptors (Lipinski definition) is 5. The second-order valence-electron chi connectivity index (χ2n) is 8.14. The SMILES string of the molecule is COc1c(N2CCC(C(N)C(F)(F)C(F)(F)F)C2)c(F)cc2c(=O)[nH]c(=O)n(C3CC3)c12. The third kappa shape index (κ3) is 3.42. The third-order valence-electron chi connectivity index (χ3n) is 6.07. The average molecular weight is 466 g/mol. The van der Waals surface area contributed by atoms with Gasteiger partial charge < -0.3 is 15.4 Å². The highest BCUT2D eigenvalue weighted by Crippen LogP contribution is 2.45. The highest BCUT2D eigenvalue weighted by Gasteiger charge is 2.63. The van der Waals surface area contributed by atoms with Crippen LogP contribution in [0.4, 0.5) is 32.0 Å². The normalized spacial score (nSPS) is 20.8. The van der Waals surface area contributed by atoms with Crippen LogP contribution in [0.5, 0.6) is 5.75 Å². The highest BCUT2D eigenvalue weighted by molar-refractivity contribution is 5.91. The summed E-state index contributed by atoms with van der Waals surface area (Å²) in [6.07, 6.45) is -4.64. The molecule has 32 heavy (non-hydrogen) atoms. The van der Waals surface area contributed by atoms with Gasteiger partial charge in [0.15, 0.2) is 11.6 Å². The summed E-state index contributed by atoms with van der Waals surface area (Å²) in [5, 5.41) is -0.134. The van der Waals surface area contributed by atoms with Crippen molar-refractivity contribution in [3.05, 3.63) is 32.7 Å². The smallest absolute Gasteiger partial charge is 0.454 e. The van der Waals surface area contributed by atoms with Gasteiger partial charge in [0.1, 0.15) is 11.2 Å². The van der Waals surface area contributed by atoms with Crippen molar-refractivity contribution in [3.63, 3.8) is 0 Å². The summed E-state index contributed by atoms with van der Waals surface area (Å²) >= 11 is 0. The Morgan fingerprint density at radius 2 is 1.84 bits per heavy atom. The Bertz CT molecular complexity index is 1170. The van der Waals surface area contributed by atoms with Crippen LogP contribution in [0.25, 0.3) is 10.9 Å². The number of aromatic amines is 1. The summed E-state index contributed by atoms with van der Waals surface area (Å²) in [6, 6.07) is -1.84. The lowest BCUT2D eigenvalue weighted by molar-refractivity contribution is -0.293. The number of methoxy groups -OCH3 is 1. The molecule has 4 rings (SSSR count). The molecule has 1 aliphatic carbocycles. The number of fused-ring (bicyclic) bond motifs is 1. The highest BCUT2D eigenvalue weighted by atomic mass is 19.4. The molecule has 2 aliphatic rings. The van der Waals surface area contributed by atoms with E-state index in [0.717, 1.165) is 6.07 Å². The predicted octanol–water partition coefficient (Wildman–Crippen LogP) is 2.52. The molecule has 1 aliphatic heterocycles. The van der Waals surface area contributed by atoms with Crippen molar-refractivity contribution in [1.82, 2.24) is 9.55 Å². The van der Waals surface area contributed by atoms with Crippen LogP contribution in [0.3, 0.4) is 0 Å². The quantitative estimate of drug-likeness (QED) is 0.661. The van der Waals surface area contributed by atoms with Gasteiger partial charge >= 0.3 is 17.8 Å². The van der Waals surface area contributed by atoms with E-state index in [4.69, 9.17) is 10.5 Å². The summed E-state index contributed by atoms with van der Waals surface area (Å²) in [5.74, 6) is -7.49. The van der Waals surface area contributed by atoms with Crippen molar-refractivity contribution in [2.75, 3.05) is 25.1 Å². The van der Waals surface area contributed by atoms with Crippen molar-refractivity contribution in [1.29, 1.82) is 0 Å². The van der Waals surface area contributed by atoms with Gasteiger partial charge in [-0.3, -0.25) is 14.3 Å². The molecule has 0 spiro atoms. The minimum atomic E-state index is -5.81. The largest absolute Gasteiger partial charge is 0.492 e. The third-order valence-corrected chi connectivity index (χ3v) is 6.07. The van der Waals surface area contributed by atoms with E-state index in [-0.39, 0.29) is 47.9 Å². The molecule has 3 N–H and O–H groups in total. The Kier molecular flexibility index (Phi) is 5.22. The molecule has 2 aromatic rings. The molecule has 2 heterocycles. The molecule has 0 bridgehead atoms. The lowest BCUT2D eigenvalue weighted by atomic mass is 9.94. The van der Waals surface area contributed by atoms with Gasteiger partial charge in [-0.1, -0.05) is 0 Å². The molecule has 2 atom stereocenters. The maximum absolute atomic E-state index is 15.1. The van der Waals surface area contributed by atoms with E-state index in [1.807, 2.05) is 0 Å². The first-order valence-corrected chi connectivity index (χ1v) is 9.88. The second-order valence-corrected chi connectivity index (χ2v) is 8.14. The Morgan fingerprint density at radius 1 is 1.19 bits per heavy atom. The first kappa shape index (κ1) is 22.5. The van der Waals surface area contributed by atoms with Gasteiger partial charge in [-0.25, -0.2) is 9.18 Å². The molecular formula is C19H20F6N4O3. The van der Waals surface area contributed by atoms with E-state index in [2.05, 4.69) is 4.98 Å². The number of ether oxygens (including phenoxy) is 1. The van der Waals surface area contributed by atoms with Gasteiger partial charge in [-0.2, -0.15) is 22.0 Å². The van der Waals surface area contributed by atoms with Gasteiger partial charge in [0.05, 0.1) is 18.5 Å². The van der Waals surface area contributed by atoms with Crippen LogP contribution < -0.4 is 26.6 Å². The van der Waals surface area contributed by atoms with Crippen LogP contribution in [0.15, 0.2) is 15.7 Å². The van der Waals surface area contributed by atoms with E-state index in [9.17, 15) is 31.5 Å². The molecule has 0 amide bonds. The Hall–Kier alpha value is -2.70. The fourth-order valence-electron chi connectivity index (χ4n) is 4.28. The van der Waals surface area contributed by atoms with Crippen LogP contribution in [-0.4, -0.2) is 47.9 Å². The zero-order valence-electron chi connectivity index (χ0n) is 16.8. The minimum Gasteiger partial charge on any atom is -0.492 e. The van der Waals surface area contributed by atoms with Crippen LogP contribution in [0.2, 0.25) is 0 Å². The molecule has 1 saturated heterocycles. The van der Waals surface area contributed by atoms with Gasteiger partial charge in [-0.05, 0) is 31.2 Å². The van der Waals surface area contributed by atoms with Crippen LogP contribution in [0.1, 0.15) is 25.3 Å². The molecule has 1 aromatic heterocycles. The number of rotatable bonds is 5. The number of nitrogens with one attached hydrogen (secondary N) is 1. The fraction of sp³-hybridized carbons (Fsp3) is 0.579. The van der Waals surface area contributed by atoms with E-state index < -0.39 is 41.1 Å². The topological polar surface area (TPSA) is 93.3 Å². The Labute approximate surface area is 176 Å². The van der Waals surface area contributed by atoms with E-state index in [1.54, 1.807) is 0 Å². The van der Waals surface area contributed by atoms with Gasteiger partial charge in [-0.15, -0.1) is 0 Å². The number of nitrogens with zero attached hydrogens (tertiary/aromatic N) is 2. The number of nitrogens with two attached hydrogens (primary N) is 1. The van der Waals surface area contributed by atoms with Crippen molar-refractivity contribution in [3.8, 4) is 5.75 Å². The number of aromatic nitrogens is 2. The lowest BCUT2D eigenvalue weighted by Crippen LogP contribution is -2.55. The number of anilines is 1. The molecule has 2 unspecified atom stereocenters. The monoisotopic (exact) mass is 466 g/mol. The van der Waals surface area contributed by atoms with Crippen molar-refractivity contribution in [2.24, 2.45) is 11.7 Å². The fourth-order valence-corrected chi connectivity index (χ4v) is 4.28. The molecule has 2 fully saturated rings. The standard InChI is InChI=1S/C19H20F6N4O3/c1-32-14-12-10(16(30)27-17(31)29(12)9-2-3-9)6-11(20)13(14)28-5-4-8(7-28)15(26)18(21,22)19(23,24)25/h6,8-9,15H,2-5,7,26H2,1H3,(H,27,30,31). The number of alkyl halides is 5. The molecule has 1 aromatic carbocycles. The second kappa shape index (κ2) is 7.42. The molecular weight excluding hydrogens is 446 g/mol. The first-order chi connectivity index (χ1) is 14.9. The summed E-state index contributed by atoms with van der Waals surface area (Å²) < 4.78 is 87.4. The molecule has 176 valence electrons. The zero-order valence-corrected chi connectivity index (χ0v) is 16.8. The van der Waals surface area contributed by atoms with Gasteiger partial charge in [0, 0.05) is 19.1 Å². The van der Waals surface area contributed by atoms with Crippen LogP contribution in [-0.2, 0) is 0 Å². The maximum Gasteiger partial charge on any atom is 0.454 e. The minimum absolute atomic E-state index is 0.0496. The summed E-state index contributed by atoms with van der Waals surface area (Å²) in [6.45, 7) is -0.454. The van der Waals surface area contributed by atoms with E-state index >= 15 is 4.39 Å². The first-order valence-electron chi connectivity index (χ1n) is 9.88. The van der Waals surface area contributed by atoms with Crippen LogP contribution >= 0.6 is 0 Å². The number of hydrogen-bond donors (Lipinski definition) is 2. The van der Waals surface area contributed by atoms with Crippen molar-refractivity contribution in [2.45, 2.75) is 43.4 Å². The van der Waals surface area contributed by atoms with Gasteiger partial charge in [0.25, 0.3) is 5.56 Å². The summed E-state index contributed by atoms with van der Waals surface area (Å²) in [4.78, 5) is 28.1. The van der Waals surface area contributed by atoms with Crippen LogP contribution in [0, 0.1) is 11.7 Å². The lowest BCUT2D eigenvalue weighted by Gasteiger charge is -2.30. The summed E-state index contributed by atoms with van der Waals surface area (Å²) in [5.41, 5.74) is 3.59. The molecule has 13 heteroatoms. The molecule has 1 saturated carbocycles. The Balaban J connectivity index is 1.79.